The third kappa shape index (κ3) is 3.97. The van der Waals surface area contributed by atoms with Crippen molar-refractivity contribution in [1.82, 2.24) is 19.6 Å². The van der Waals surface area contributed by atoms with E-state index in [4.69, 9.17) is 25.8 Å². The van der Waals surface area contributed by atoms with Gasteiger partial charge in [-0.3, -0.25) is 4.79 Å². The van der Waals surface area contributed by atoms with Crippen LogP contribution in [0.4, 0.5) is 0 Å². The van der Waals surface area contributed by atoms with Crippen molar-refractivity contribution >= 4 is 39.8 Å². The first kappa shape index (κ1) is 20.8. The highest BCUT2D eigenvalue weighted by Gasteiger charge is 2.16. The average molecular weight is 457 g/mol. The van der Waals surface area contributed by atoms with Crippen LogP contribution < -0.4 is 14.2 Å². The number of aromatic nitrogens is 4. The SMILES string of the molecule is COc1cc(-c2cccc(C(=O)/C=C/c3c(Cl)nc4scnn34)n2)cc(OC)c1OC. The van der Waals surface area contributed by atoms with Gasteiger partial charge in [0, 0.05) is 5.56 Å². The predicted molar refractivity (Wildman–Crippen MR) is 119 cm³/mol. The lowest BCUT2D eigenvalue weighted by Gasteiger charge is -2.14. The molecule has 0 aliphatic heterocycles. The third-order valence-corrected chi connectivity index (χ3v) is 5.44. The van der Waals surface area contributed by atoms with Crippen molar-refractivity contribution in [1.29, 1.82) is 0 Å². The summed E-state index contributed by atoms with van der Waals surface area (Å²) in [5.74, 6) is 1.20. The molecular formula is C21H17ClN4O4S. The van der Waals surface area contributed by atoms with Crippen LogP contribution in [-0.2, 0) is 0 Å². The minimum absolute atomic E-state index is 0.276. The van der Waals surface area contributed by atoms with Crippen molar-refractivity contribution in [3.05, 3.63) is 58.5 Å². The second-order valence-corrected chi connectivity index (χ2v) is 7.41. The molecule has 0 radical (unpaired) electrons. The van der Waals surface area contributed by atoms with E-state index in [1.807, 2.05) is 0 Å². The number of carbonyl (C=O) groups is 1. The first-order chi connectivity index (χ1) is 15.0. The smallest absolute Gasteiger partial charge is 0.213 e. The van der Waals surface area contributed by atoms with Crippen LogP contribution in [0.3, 0.4) is 0 Å². The molecule has 10 heteroatoms. The van der Waals surface area contributed by atoms with Gasteiger partial charge in [0.2, 0.25) is 16.5 Å². The lowest BCUT2D eigenvalue weighted by molar-refractivity contribution is 0.104. The van der Waals surface area contributed by atoms with E-state index >= 15 is 0 Å². The molecule has 0 spiro atoms. The zero-order valence-corrected chi connectivity index (χ0v) is 18.4. The van der Waals surface area contributed by atoms with Crippen LogP contribution in [-0.4, -0.2) is 46.7 Å². The molecule has 0 atom stereocenters. The molecule has 0 aliphatic rings. The summed E-state index contributed by atoms with van der Waals surface area (Å²) in [6, 6.07) is 8.76. The molecule has 4 rings (SSSR count). The minimum Gasteiger partial charge on any atom is -0.493 e. The number of hydrogen-bond donors (Lipinski definition) is 0. The molecule has 31 heavy (non-hydrogen) atoms. The molecule has 0 saturated heterocycles. The summed E-state index contributed by atoms with van der Waals surface area (Å²) in [5, 5.41) is 4.45. The molecule has 3 heterocycles. The number of imidazole rings is 1. The largest absolute Gasteiger partial charge is 0.493 e. The fourth-order valence-corrected chi connectivity index (χ4v) is 3.92. The summed E-state index contributed by atoms with van der Waals surface area (Å²) in [5.41, 5.74) is 3.77. The molecule has 0 aliphatic carbocycles. The number of allylic oxidation sites excluding steroid dienone is 1. The van der Waals surface area contributed by atoms with E-state index < -0.39 is 0 Å². The van der Waals surface area contributed by atoms with E-state index in [1.54, 1.807) is 60.7 Å². The third-order valence-electron chi connectivity index (χ3n) is 4.49. The van der Waals surface area contributed by atoms with E-state index in [2.05, 4.69) is 15.1 Å². The molecule has 3 aromatic heterocycles. The number of benzene rings is 1. The van der Waals surface area contributed by atoms with Crippen LogP contribution in [0.5, 0.6) is 17.2 Å². The van der Waals surface area contributed by atoms with Crippen LogP contribution in [0.25, 0.3) is 22.3 Å². The Labute approximate surface area is 186 Å². The highest BCUT2D eigenvalue weighted by Crippen LogP contribution is 2.40. The number of halogens is 1. The quantitative estimate of drug-likeness (QED) is 0.300. The van der Waals surface area contributed by atoms with Crippen LogP contribution in [0.1, 0.15) is 16.2 Å². The second-order valence-electron chi connectivity index (χ2n) is 6.24. The van der Waals surface area contributed by atoms with Gasteiger partial charge in [0.15, 0.2) is 16.7 Å². The molecular weight excluding hydrogens is 440 g/mol. The van der Waals surface area contributed by atoms with E-state index in [9.17, 15) is 4.79 Å². The standard InChI is InChI=1S/C21H17ClN4O4S/c1-28-17-9-12(10-18(29-2)19(17)30-3)13-5-4-6-14(24-13)16(27)8-7-15-20(22)25-21-26(15)23-11-31-21/h4-11H,1-3H3/b8-7+. The summed E-state index contributed by atoms with van der Waals surface area (Å²) in [6.07, 6.45) is 2.98. The number of ketones is 1. The van der Waals surface area contributed by atoms with Crippen molar-refractivity contribution in [3.8, 4) is 28.5 Å². The summed E-state index contributed by atoms with van der Waals surface area (Å²) in [4.78, 5) is 22.1. The molecule has 0 saturated carbocycles. The Morgan fingerprint density at radius 3 is 2.52 bits per heavy atom. The first-order valence-electron chi connectivity index (χ1n) is 9.03. The van der Waals surface area contributed by atoms with Crippen LogP contribution in [0, 0.1) is 0 Å². The highest BCUT2D eigenvalue weighted by molar-refractivity contribution is 7.14. The van der Waals surface area contributed by atoms with E-state index in [0.717, 1.165) is 5.56 Å². The molecule has 8 nitrogen and oxygen atoms in total. The molecule has 0 N–H and O–H groups in total. The Morgan fingerprint density at radius 2 is 1.84 bits per heavy atom. The first-order valence-corrected chi connectivity index (χ1v) is 10.3. The molecule has 0 amide bonds. The van der Waals surface area contributed by atoms with Gasteiger partial charge >= 0.3 is 0 Å². The topological polar surface area (TPSA) is 87.8 Å². The van der Waals surface area contributed by atoms with Crippen molar-refractivity contribution < 1.29 is 19.0 Å². The van der Waals surface area contributed by atoms with Gasteiger partial charge in [-0.15, -0.1) is 0 Å². The number of ether oxygens (including phenoxy) is 3. The van der Waals surface area contributed by atoms with Gasteiger partial charge in [-0.1, -0.05) is 29.0 Å². The van der Waals surface area contributed by atoms with Crippen LogP contribution in [0.15, 0.2) is 41.9 Å². The average Bonchev–Trinajstić information content (AvgIpc) is 3.37. The van der Waals surface area contributed by atoms with Gasteiger partial charge in [0.25, 0.3) is 0 Å². The van der Waals surface area contributed by atoms with E-state index in [1.165, 1.54) is 24.5 Å². The summed E-state index contributed by atoms with van der Waals surface area (Å²) < 4.78 is 17.7. The number of fused-ring (bicyclic) bond motifs is 1. The second kappa shape index (κ2) is 8.75. The Balaban J connectivity index is 1.66. The number of carbonyl (C=O) groups excluding carboxylic acids is 1. The lowest BCUT2D eigenvalue weighted by Crippen LogP contribution is -2.01. The highest BCUT2D eigenvalue weighted by atomic mass is 35.5. The molecule has 4 aromatic rings. The molecule has 158 valence electrons. The van der Waals surface area contributed by atoms with Crippen LogP contribution >= 0.6 is 22.9 Å². The summed E-state index contributed by atoms with van der Waals surface area (Å²) >= 11 is 7.50. The van der Waals surface area contributed by atoms with E-state index in [0.29, 0.717) is 33.6 Å². The Hall–Kier alpha value is -3.43. The van der Waals surface area contributed by atoms with Gasteiger partial charge in [-0.2, -0.15) is 5.10 Å². The minimum atomic E-state index is -0.282. The molecule has 1 aromatic carbocycles. The Bertz CT molecular complexity index is 1270. The van der Waals surface area contributed by atoms with Gasteiger partial charge in [0.05, 0.1) is 27.0 Å². The van der Waals surface area contributed by atoms with Crippen molar-refractivity contribution in [2.24, 2.45) is 0 Å². The Kier molecular flexibility index (Phi) is 5.88. The maximum atomic E-state index is 12.7. The maximum absolute atomic E-state index is 12.7. The number of hydrogen-bond acceptors (Lipinski definition) is 8. The predicted octanol–water partition coefficient (Wildman–Crippen LogP) is 4.43. The Morgan fingerprint density at radius 1 is 1.10 bits per heavy atom. The number of pyridine rings is 1. The summed E-state index contributed by atoms with van der Waals surface area (Å²) in [6.45, 7) is 0. The maximum Gasteiger partial charge on any atom is 0.213 e. The normalized spacial score (nSPS) is 11.2. The van der Waals surface area contributed by atoms with E-state index in [-0.39, 0.29) is 16.6 Å². The number of methoxy groups -OCH3 is 3. The van der Waals surface area contributed by atoms with Gasteiger partial charge in [-0.25, -0.2) is 14.5 Å². The zero-order chi connectivity index (χ0) is 22.0. The molecule has 0 unspecified atom stereocenters. The van der Waals surface area contributed by atoms with Crippen molar-refractivity contribution in [2.75, 3.05) is 21.3 Å². The lowest BCUT2D eigenvalue weighted by atomic mass is 10.1. The van der Waals surface area contributed by atoms with Gasteiger partial charge < -0.3 is 14.2 Å². The molecule has 0 fully saturated rings. The molecule has 0 bridgehead atoms. The monoisotopic (exact) mass is 456 g/mol. The summed E-state index contributed by atoms with van der Waals surface area (Å²) in [7, 11) is 4.62. The fourth-order valence-electron chi connectivity index (χ4n) is 3.03. The van der Waals surface area contributed by atoms with Gasteiger partial charge in [-0.05, 0) is 36.4 Å². The van der Waals surface area contributed by atoms with Crippen LogP contribution in [0.2, 0.25) is 5.15 Å². The van der Waals surface area contributed by atoms with Gasteiger partial charge in [0.1, 0.15) is 16.9 Å². The fraction of sp³-hybridized carbons (Fsp3) is 0.143. The number of rotatable bonds is 7. The van der Waals surface area contributed by atoms with Crippen molar-refractivity contribution in [2.45, 2.75) is 0 Å². The zero-order valence-electron chi connectivity index (χ0n) is 16.8. The number of nitrogens with zero attached hydrogens (tertiary/aromatic N) is 4. The van der Waals surface area contributed by atoms with Crippen molar-refractivity contribution in [3.63, 3.8) is 0 Å².